The number of urea groups is 1. The molecular weight excluding hydrogens is 306 g/mol. The molecule has 0 spiro atoms. The number of likely N-dealkylation sites (N-methyl/N-ethyl adjacent to an activating group) is 1. The lowest BCUT2D eigenvalue weighted by Gasteiger charge is -2.22. The number of nitrogens with zero attached hydrogens (tertiary/aromatic N) is 1. The number of quaternary nitrogens is 1. The van der Waals surface area contributed by atoms with E-state index in [0.29, 0.717) is 0 Å². The minimum absolute atomic E-state index is 0. The molecule has 4 N–H and O–H groups in total. The van der Waals surface area contributed by atoms with Crippen LogP contribution in [0.15, 0.2) is 0 Å². The summed E-state index contributed by atoms with van der Waals surface area (Å²) in [6.07, 6.45) is 0. The number of hydrogen-bond acceptors (Lipinski definition) is 2. The van der Waals surface area contributed by atoms with Crippen LogP contribution in [0.2, 0.25) is 0 Å². The Labute approximate surface area is 98.2 Å². The summed E-state index contributed by atoms with van der Waals surface area (Å²) >= 11 is 2.89. The van der Waals surface area contributed by atoms with E-state index in [1.165, 1.54) is 0 Å². The molecule has 0 aliphatic heterocycles. The Kier molecular flexibility index (Phi) is 14.8. The van der Waals surface area contributed by atoms with Crippen LogP contribution in [-0.4, -0.2) is 44.8 Å². The third kappa shape index (κ3) is 47.2. The normalized spacial score (nSPS) is 9.23. The third-order valence-electron chi connectivity index (χ3n) is 0.839. The zero-order valence-electron chi connectivity index (χ0n) is 8.09. The minimum Gasteiger partial charge on any atom is -1.00 e. The van der Waals surface area contributed by atoms with Crippen molar-refractivity contribution < 1.29 is 30.1 Å². The Hall–Kier alpha value is 0.150. The molecule has 0 saturated carbocycles. The molecule has 0 aliphatic carbocycles. The van der Waals surface area contributed by atoms with E-state index in [-0.39, 0.29) is 17.0 Å². The van der Waals surface area contributed by atoms with Crippen molar-refractivity contribution in [2.24, 2.45) is 11.5 Å². The number of rotatable bonds is 3. The van der Waals surface area contributed by atoms with Gasteiger partial charge in [0.15, 0.2) is 0 Å². The number of amides is 2. The molecule has 0 aromatic rings. The summed E-state index contributed by atoms with van der Waals surface area (Å²) < 4.78 is 5.66. The molecule has 5 nitrogen and oxygen atoms in total. The Morgan fingerprint density at radius 3 is 1.77 bits per heavy atom. The fourth-order valence-electron chi connectivity index (χ4n) is 0.308. The van der Waals surface area contributed by atoms with Gasteiger partial charge in [-0.3, -0.25) is 0 Å². The lowest BCUT2D eigenvalue weighted by Crippen LogP contribution is -3.00. The van der Waals surface area contributed by atoms with E-state index in [2.05, 4.69) is 48.9 Å². The van der Waals surface area contributed by atoms with E-state index in [1.54, 1.807) is 0 Å². The maximum absolute atomic E-state index is 9.00. The summed E-state index contributed by atoms with van der Waals surface area (Å²) in [7, 11) is 6.39. The van der Waals surface area contributed by atoms with Gasteiger partial charge < -0.3 is 36.8 Å². The van der Waals surface area contributed by atoms with Crippen molar-refractivity contribution in [3.63, 3.8) is 0 Å². The molecule has 0 atom stereocenters. The summed E-state index contributed by atoms with van der Waals surface area (Å²) in [5.41, 5.74) is 8.50. The second-order valence-electron chi connectivity index (χ2n) is 3.23. The van der Waals surface area contributed by atoms with Gasteiger partial charge in [-0.15, -0.1) is 0 Å². The molecule has 13 heavy (non-hydrogen) atoms. The van der Waals surface area contributed by atoms with Crippen molar-refractivity contribution in [2.45, 2.75) is 0 Å². The van der Waals surface area contributed by atoms with Gasteiger partial charge in [-0.25, -0.2) is 4.79 Å². The molecule has 0 aromatic heterocycles. The van der Waals surface area contributed by atoms with Crippen molar-refractivity contribution in [3.8, 4) is 0 Å². The highest BCUT2D eigenvalue weighted by Gasteiger charge is 2.04. The molecule has 0 aliphatic rings. The fraction of sp³-hybridized carbons (Fsp3) is 0.833. The Bertz CT molecular complexity index is 124. The van der Waals surface area contributed by atoms with Crippen molar-refractivity contribution >= 4 is 22.3 Å². The Morgan fingerprint density at radius 1 is 1.38 bits per heavy atom. The predicted molar refractivity (Wildman–Crippen MR) is 51.5 cm³/mol. The largest absolute Gasteiger partial charge is 1.00 e. The van der Waals surface area contributed by atoms with Crippen molar-refractivity contribution in [1.29, 1.82) is 0 Å². The average molecular weight is 323 g/mol. The number of carbonyl (C=O) groups excluding carboxylic acids is 1. The summed E-state index contributed by atoms with van der Waals surface area (Å²) in [5, 5.41) is 0. The lowest BCUT2D eigenvalue weighted by molar-refractivity contribution is -0.870. The molecule has 0 heterocycles. The number of primary amides is 2. The predicted octanol–water partition coefficient (Wildman–Crippen LogP) is -2.95. The second-order valence-corrected chi connectivity index (χ2v) is 3.69. The van der Waals surface area contributed by atoms with Crippen LogP contribution in [0.25, 0.3) is 0 Å². The van der Waals surface area contributed by atoms with Gasteiger partial charge in [0.25, 0.3) is 0 Å². The molecule has 0 fully saturated rings. The van der Waals surface area contributed by atoms with Crippen molar-refractivity contribution in [2.75, 3.05) is 34.3 Å². The highest BCUT2D eigenvalue weighted by molar-refractivity contribution is 9.06. The van der Waals surface area contributed by atoms with Gasteiger partial charge in [0.2, 0.25) is 0 Å². The Morgan fingerprint density at radius 2 is 1.69 bits per heavy atom. The van der Waals surface area contributed by atoms with Crippen LogP contribution in [0.4, 0.5) is 4.79 Å². The average Bonchev–Trinajstić information content (AvgIpc) is 1.80. The molecule has 7 heteroatoms. The van der Waals surface area contributed by atoms with Gasteiger partial charge in [-0.2, -0.15) is 0 Å². The van der Waals surface area contributed by atoms with Gasteiger partial charge in [0.05, 0.1) is 37.4 Å². The van der Waals surface area contributed by atoms with E-state index in [4.69, 9.17) is 8.62 Å². The third-order valence-corrected chi connectivity index (χ3v) is 1.16. The van der Waals surface area contributed by atoms with Crippen molar-refractivity contribution in [3.05, 3.63) is 0 Å². The van der Waals surface area contributed by atoms with E-state index in [1.807, 2.05) is 0 Å². The molecule has 0 radical (unpaired) electrons. The first-order valence-corrected chi connectivity index (χ1v) is 4.03. The van der Waals surface area contributed by atoms with Crippen LogP contribution >= 0.6 is 16.3 Å². The standard InChI is InChI=1S/C5H13BrNO.CH4N2O.BrH/c1-7(2,3)4-5-8-6;2-1(3)4;/h4-5H2,1-3H3;(H4,2,3,4);1H/q+1;;/p-1. The lowest BCUT2D eigenvalue weighted by atomic mass is 10.5. The van der Waals surface area contributed by atoms with Crippen LogP contribution < -0.4 is 28.4 Å². The monoisotopic (exact) mass is 321 g/mol. The van der Waals surface area contributed by atoms with Gasteiger partial charge >= 0.3 is 6.03 Å². The smallest absolute Gasteiger partial charge is 0.309 e. The minimum atomic E-state index is -0.833. The molecule has 0 rings (SSSR count). The second kappa shape index (κ2) is 10.2. The quantitative estimate of drug-likeness (QED) is 0.545. The maximum Gasteiger partial charge on any atom is 0.309 e. The van der Waals surface area contributed by atoms with E-state index >= 15 is 0 Å². The molecule has 0 bridgehead atoms. The molecule has 0 unspecified atom stereocenters. The highest BCUT2D eigenvalue weighted by atomic mass is 79.9. The van der Waals surface area contributed by atoms with Gasteiger partial charge in [-0.1, -0.05) is 0 Å². The summed E-state index contributed by atoms with van der Waals surface area (Å²) in [6, 6.07) is -0.833. The molecule has 2 amide bonds. The number of halogens is 2. The van der Waals surface area contributed by atoms with Gasteiger partial charge in [-0.05, 0) is 0 Å². The Balaban J connectivity index is -0.000000173. The maximum atomic E-state index is 9.00. The first kappa shape index (κ1) is 18.8. The highest BCUT2D eigenvalue weighted by Crippen LogP contribution is 1.91. The first-order chi connectivity index (χ1) is 5.29. The number of hydrogen-bond donors (Lipinski definition) is 2. The topological polar surface area (TPSA) is 78.3 Å². The summed E-state index contributed by atoms with van der Waals surface area (Å²) in [4.78, 5) is 9.00. The molecule has 0 aromatic carbocycles. The fourth-order valence-corrected chi connectivity index (χ4v) is 0.453. The first-order valence-electron chi connectivity index (χ1n) is 3.38. The van der Waals surface area contributed by atoms with Crippen LogP contribution in [0, 0.1) is 0 Å². The van der Waals surface area contributed by atoms with Crippen LogP contribution in [-0.2, 0) is 3.83 Å². The number of carbonyl (C=O) groups is 1. The van der Waals surface area contributed by atoms with Crippen LogP contribution in [0.1, 0.15) is 0 Å². The molecular formula is C6H17Br2N3O2. The molecule has 82 valence electrons. The van der Waals surface area contributed by atoms with Crippen LogP contribution in [0.5, 0.6) is 0 Å². The summed E-state index contributed by atoms with van der Waals surface area (Å²) in [6.45, 7) is 1.80. The van der Waals surface area contributed by atoms with E-state index in [9.17, 15) is 0 Å². The van der Waals surface area contributed by atoms with Gasteiger partial charge in [0, 0.05) is 0 Å². The zero-order valence-corrected chi connectivity index (χ0v) is 11.3. The van der Waals surface area contributed by atoms with E-state index < -0.39 is 6.03 Å². The van der Waals surface area contributed by atoms with Gasteiger partial charge in [0.1, 0.15) is 13.2 Å². The SMILES string of the molecule is C[N+](C)(C)CCOBr.NC(N)=O.[Br-]. The van der Waals surface area contributed by atoms with Crippen LogP contribution in [0.3, 0.4) is 0 Å². The number of nitrogens with two attached hydrogens (primary N) is 2. The zero-order chi connectivity index (χ0) is 10.2. The summed E-state index contributed by atoms with van der Waals surface area (Å²) in [5.74, 6) is 0. The van der Waals surface area contributed by atoms with Crippen molar-refractivity contribution in [1.82, 2.24) is 0 Å². The molecule has 0 saturated heterocycles. The van der Waals surface area contributed by atoms with E-state index in [0.717, 1.165) is 17.6 Å².